The average Bonchev–Trinajstić information content (AvgIpc) is 2.77. The highest BCUT2D eigenvalue weighted by Gasteiger charge is 2.48. The third-order valence-corrected chi connectivity index (χ3v) is 7.68. The van der Waals surface area contributed by atoms with Gasteiger partial charge in [0.25, 0.3) is 0 Å². The number of hydrogen-bond acceptors (Lipinski definition) is 7. The van der Waals surface area contributed by atoms with Crippen molar-refractivity contribution < 1.29 is 25.2 Å². The first-order chi connectivity index (χ1) is 11.3. The van der Waals surface area contributed by atoms with Crippen molar-refractivity contribution in [1.29, 1.82) is 0 Å². The number of aliphatic hydroxyl groups is 4. The zero-order valence-electron chi connectivity index (χ0n) is 14.5. The molecule has 1 heterocycles. The predicted molar refractivity (Wildman–Crippen MR) is 92.7 cm³/mol. The van der Waals surface area contributed by atoms with Crippen LogP contribution in [-0.4, -0.2) is 74.2 Å². The number of aliphatic hydroxyl groups excluding tert-OH is 4. The van der Waals surface area contributed by atoms with Crippen molar-refractivity contribution in [3.05, 3.63) is 0 Å². The molecular formula is C17H31NO5S. The summed E-state index contributed by atoms with van der Waals surface area (Å²) in [5, 5.41) is 43.5. The molecule has 0 aromatic carbocycles. The quantitative estimate of drug-likeness (QED) is 0.477. The summed E-state index contributed by atoms with van der Waals surface area (Å²) in [7, 11) is 0. The standard InChI is InChI=1S/C17H31NO5S/c1-17(2)7-10(18-9-4-3-5-9)6-12(17)24-16-15(22)14(21)13(20)11(8-19)23-16/h9-16,18-22H,3-8H2,1-2H3/t10?,11-,12?,13+,14+,15-,16+/m1/s1. The third-order valence-electron chi connectivity index (χ3n) is 5.87. The summed E-state index contributed by atoms with van der Waals surface area (Å²) < 4.78 is 5.67. The van der Waals surface area contributed by atoms with Gasteiger partial charge in [0.05, 0.1) is 6.61 Å². The van der Waals surface area contributed by atoms with Crippen molar-refractivity contribution in [3.8, 4) is 0 Å². The molecule has 7 atom stereocenters. The Morgan fingerprint density at radius 2 is 1.79 bits per heavy atom. The van der Waals surface area contributed by atoms with Crippen LogP contribution in [0.4, 0.5) is 0 Å². The first-order valence-corrected chi connectivity index (χ1v) is 9.98. The molecule has 0 radical (unpaired) electrons. The Morgan fingerprint density at radius 3 is 2.38 bits per heavy atom. The molecule has 2 unspecified atom stereocenters. The van der Waals surface area contributed by atoms with Gasteiger partial charge in [-0.3, -0.25) is 0 Å². The van der Waals surface area contributed by atoms with Gasteiger partial charge >= 0.3 is 0 Å². The lowest BCUT2D eigenvalue weighted by Crippen LogP contribution is -2.58. The van der Waals surface area contributed by atoms with E-state index in [2.05, 4.69) is 19.2 Å². The van der Waals surface area contributed by atoms with E-state index in [1.54, 1.807) is 0 Å². The molecule has 3 aliphatic rings. The fourth-order valence-corrected chi connectivity index (χ4v) is 5.70. The van der Waals surface area contributed by atoms with Crippen molar-refractivity contribution >= 4 is 11.8 Å². The van der Waals surface area contributed by atoms with E-state index in [1.807, 2.05) is 0 Å². The lowest BCUT2D eigenvalue weighted by molar-refractivity contribution is -0.205. The molecule has 7 heteroatoms. The van der Waals surface area contributed by atoms with Gasteiger partial charge in [-0.25, -0.2) is 0 Å². The van der Waals surface area contributed by atoms with Crippen LogP contribution in [0.5, 0.6) is 0 Å². The second-order valence-corrected chi connectivity index (χ2v) is 9.55. The second kappa shape index (κ2) is 7.39. The first-order valence-electron chi connectivity index (χ1n) is 9.04. The maximum absolute atomic E-state index is 10.3. The number of thioether (sulfide) groups is 1. The predicted octanol–water partition coefficient (Wildman–Crippen LogP) is 0.219. The highest BCUT2D eigenvalue weighted by molar-refractivity contribution is 8.00. The minimum absolute atomic E-state index is 0.102. The van der Waals surface area contributed by atoms with Crippen molar-refractivity contribution in [1.82, 2.24) is 5.32 Å². The Morgan fingerprint density at radius 1 is 1.08 bits per heavy atom. The smallest absolute Gasteiger partial charge is 0.132 e. The Kier molecular flexibility index (Phi) is 5.81. The lowest BCUT2D eigenvalue weighted by atomic mass is 9.90. The lowest BCUT2D eigenvalue weighted by Gasteiger charge is -2.41. The van der Waals surface area contributed by atoms with Crippen LogP contribution in [0.25, 0.3) is 0 Å². The summed E-state index contributed by atoms with van der Waals surface area (Å²) in [6.45, 7) is 4.09. The van der Waals surface area contributed by atoms with Gasteiger partial charge in [-0.2, -0.15) is 0 Å². The van der Waals surface area contributed by atoms with Crippen molar-refractivity contribution in [3.63, 3.8) is 0 Å². The van der Waals surface area contributed by atoms with E-state index in [9.17, 15) is 20.4 Å². The van der Waals surface area contributed by atoms with Gasteiger partial charge in [-0.15, -0.1) is 11.8 Å². The Hall–Kier alpha value is 0.110. The van der Waals surface area contributed by atoms with Crippen molar-refractivity contribution in [2.75, 3.05) is 6.61 Å². The Labute approximate surface area is 148 Å². The van der Waals surface area contributed by atoms with Crippen LogP contribution >= 0.6 is 11.8 Å². The number of ether oxygens (including phenoxy) is 1. The van der Waals surface area contributed by atoms with Gasteiger partial charge < -0.3 is 30.5 Å². The number of nitrogens with one attached hydrogen (secondary N) is 1. The fraction of sp³-hybridized carbons (Fsp3) is 1.00. The van der Waals surface area contributed by atoms with E-state index in [4.69, 9.17) is 4.74 Å². The first kappa shape index (κ1) is 18.9. The summed E-state index contributed by atoms with van der Waals surface area (Å²) in [6.07, 6.45) is 1.38. The minimum Gasteiger partial charge on any atom is -0.394 e. The number of hydrogen-bond donors (Lipinski definition) is 5. The van der Waals surface area contributed by atoms with Crippen LogP contribution in [0.3, 0.4) is 0 Å². The van der Waals surface area contributed by atoms with Crippen LogP contribution < -0.4 is 5.32 Å². The van der Waals surface area contributed by atoms with E-state index < -0.39 is 29.9 Å². The van der Waals surface area contributed by atoms with Gasteiger partial charge in [-0.05, 0) is 31.1 Å². The molecule has 0 spiro atoms. The SMILES string of the molecule is CC1(C)CC(NC2CCC2)CC1S[C@@H]1O[C@H](CO)[C@H](O)[C@H](O)[C@H]1O. The topological polar surface area (TPSA) is 102 Å². The van der Waals surface area contributed by atoms with E-state index in [1.165, 1.54) is 31.0 Å². The number of rotatable bonds is 5. The maximum atomic E-state index is 10.3. The summed E-state index contributed by atoms with van der Waals surface area (Å²) in [5.74, 6) is 0. The molecule has 3 fully saturated rings. The molecule has 140 valence electrons. The van der Waals surface area contributed by atoms with Crippen LogP contribution in [-0.2, 0) is 4.74 Å². The third kappa shape index (κ3) is 3.77. The van der Waals surface area contributed by atoms with E-state index >= 15 is 0 Å². The Balaban J connectivity index is 1.61. The summed E-state index contributed by atoms with van der Waals surface area (Å²) in [6, 6.07) is 1.13. The molecule has 3 rings (SSSR count). The second-order valence-electron chi connectivity index (χ2n) is 8.24. The van der Waals surface area contributed by atoms with Crippen molar-refractivity contribution in [2.24, 2.45) is 5.41 Å². The zero-order chi connectivity index (χ0) is 17.5. The molecule has 0 amide bonds. The van der Waals surface area contributed by atoms with Crippen LogP contribution in [0.1, 0.15) is 46.0 Å². The van der Waals surface area contributed by atoms with E-state index in [0.717, 1.165) is 12.8 Å². The van der Waals surface area contributed by atoms with Gasteiger partial charge in [-0.1, -0.05) is 20.3 Å². The van der Waals surface area contributed by atoms with E-state index in [-0.39, 0.29) is 17.3 Å². The highest BCUT2D eigenvalue weighted by atomic mass is 32.2. The fourth-order valence-electron chi connectivity index (χ4n) is 4.04. The van der Waals surface area contributed by atoms with Gasteiger partial charge in [0, 0.05) is 17.3 Å². The van der Waals surface area contributed by atoms with Crippen LogP contribution in [0.2, 0.25) is 0 Å². The molecule has 5 N–H and O–H groups in total. The van der Waals surface area contributed by atoms with Crippen LogP contribution in [0.15, 0.2) is 0 Å². The summed E-state index contributed by atoms with van der Waals surface area (Å²) in [5.41, 5.74) is -0.530. The molecule has 24 heavy (non-hydrogen) atoms. The molecular weight excluding hydrogens is 330 g/mol. The molecule has 0 aromatic heterocycles. The zero-order valence-corrected chi connectivity index (χ0v) is 15.3. The van der Waals surface area contributed by atoms with Gasteiger partial charge in [0.1, 0.15) is 29.9 Å². The molecule has 1 aliphatic heterocycles. The molecule has 6 nitrogen and oxygen atoms in total. The Bertz CT molecular complexity index is 431. The molecule has 2 aliphatic carbocycles. The van der Waals surface area contributed by atoms with Gasteiger partial charge in [0.15, 0.2) is 0 Å². The minimum atomic E-state index is -1.29. The molecule has 2 saturated carbocycles. The molecule has 0 bridgehead atoms. The molecule has 0 aromatic rings. The van der Waals surface area contributed by atoms with Gasteiger partial charge in [0.2, 0.25) is 0 Å². The van der Waals surface area contributed by atoms with Crippen molar-refractivity contribution in [2.45, 2.75) is 93.1 Å². The summed E-state index contributed by atoms with van der Waals surface area (Å²) in [4.78, 5) is 0. The largest absolute Gasteiger partial charge is 0.394 e. The highest BCUT2D eigenvalue weighted by Crippen LogP contribution is 2.48. The van der Waals surface area contributed by atoms with E-state index in [0.29, 0.717) is 12.1 Å². The summed E-state index contributed by atoms with van der Waals surface area (Å²) >= 11 is 1.53. The maximum Gasteiger partial charge on any atom is 0.132 e. The normalized spacial score (nSPS) is 46.0. The monoisotopic (exact) mass is 361 g/mol. The molecule has 1 saturated heterocycles. The average molecular weight is 362 g/mol. The van der Waals surface area contributed by atoms with Crippen LogP contribution in [0, 0.1) is 5.41 Å².